The minimum Gasteiger partial charge on any atom is -0.449 e. The molecule has 1 aliphatic heterocycles. The zero-order valence-electron chi connectivity index (χ0n) is 12.5. The number of primary sulfonamides is 1. The fraction of sp³-hybridized carbons (Fsp3) is 0.429. The van der Waals surface area contributed by atoms with Crippen molar-refractivity contribution < 1.29 is 22.7 Å². The van der Waals surface area contributed by atoms with Gasteiger partial charge in [0.15, 0.2) is 6.10 Å². The quantitative estimate of drug-likeness (QED) is 0.810. The van der Waals surface area contributed by atoms with Crippen molar-refractivity contribution in [2.24, 2.45) is 5.14 Å². The molecule has 1 unspecified atom stereocenters. The third kappa shape index (κ3) is 4.21. The van der Waals surface area contributed by atoms with Gasteiger partial charge in [-0.2, -0.15) is 0 Å². The van der Waals surface area contributed by atoms with E-state index < -0.39 is 22.1 Å². The lowest BCUT2D eigenvalue weighted by molar-refractivity contribution is -0.138. The molecule has 23 heavy (non-hydrogen) atoms. The van der Waals surface area contributed by atoms with Gasteiger partial charge in [0.25, 0.3) is 5.91 Å². The molecule has 0 spiro atoms. The number of likely N-dealkylation sites (tertiary alicyclic amines) is 1. The van der Waals surface area contributed by atoms with Crippen LogP contribution < -0.4 is 5.14 Å². The molecule has 2 rings (SSSR count). The van der Waals surface area contributed by atoms with E-state index in [9.17, 15) is 18.0 Å². The second-order valence-corrected chi connectivity index (χ2v) is 7.21. The number of halogens is 1. The normalized spacial score (nSPS) is 16.2. The van der Waals surface area contributed by atoms with E-state index >= 15 is 0 Å². The number of nitrogens with two attached hydrogens (primary N) is 1. The Hall–Kier alpha value is -1.64. The molecule has 1 aromatic rings. The summed E-state index contributed by atoms with van der Waals surface area (Å²) in [6.07, 6.45) is 0.914. The lowest BCUT2D eigenvalue weighted by Crippen LogP contribution is -2.38. The highest BCUT2D eigenvalue weighted by atomic mass is 35.5. The van der Waals surface area contributed by atoms with E-state index in [2.05, 4.69) is 0 Å². The van der Waals surface area contributed by atoms with Gasteiger partial charge in [0, 0.05) is 13.1 Å². The van der Waals surface area contributed by atoms with E-state index in [0.717, 1.165) is 18.9 Å². The second kappa shape index (κ2) is 6.86. The maximum Gasteiger partial charge on any atom is 0.338 e. The standard InChI is InChI=1S/C14H17ClN2O5S/c1-9(13(18)17-6-2-3-7-17)22-14(19)10-4-5-11(15)12(8-10)23(16,20)21/h4-5,8-9H,2-3,6-7H2,1H3,(H2,16,20,21). The first-order valence-corrected chi connectivity index (χ1v) is 8.94. The molecule has 1 saturated heterocycles. The smallest absolute Gasteiger partial charge is 0.338 e. The fourth-order valence-electron chi connectivity index (χ4n) is 2.32. The van der Waals surface area contributed by atoms with Crippen molar-refractivity contribution >= 4 is 33.5 Å². The summed E-state index contributed by atoms with van der Waals surface area (Å²) in [7, 11) is -4.06. The molecule has 1 atom stereocenters. The zero-order chi connectivity index (χ0) is 17.2. The summed E-state index contributed by atoms with van der Waals surface area (Å²) in [5, 5.41) is 4.94. The molecule has 1 heterocycles. The van der Waals surface area contributed by atoms with Crippen molar-refractivity contribution in [2.75, 3.05) is 13.1 Å². The Bertz CT molecular complexity index is 729. The van der Waals surface area contributed by atoms with Crippen molar-refractivity contribution in [1.29, 1.82) is 0 Å². The van der Waals surface area contributed by atoms with Crippen LogP contribution in [0.2, 0.25) is 5.02 Å². The Balaban J connectivity index is 2.13. The number of sulfonamides is 1. The summed E-state index contributed by atoms with van der Waals surface area (Å²) in [4.78, 5) is 25.5. The van der Waals surface area contributed by atoms with Gasteiger partial charge < -0.3 is 9.64 Å². The zero-order valence-corrected chi connectivity index (χ0v) is 14.1. The summed E-state index contributed by atoms with van der Waals surface area (Å²) in [5.41, 5.74) is -0.0421. The van der Waals surface area contributed by atoms with E-state index in [4.69, 9.17) is 21.5 Å². The number of amides is 1. The summed E-state index contributed by atoms with van der Waals surface area (Å²) in [6.45, 7) is 2.78. The molecule has 7 nitrogen and oxygen atoms in total. The number of hydrogen-bond donors (Lipinski definition) is 1. The van der Waals surface area contributed by atoms with Crippen molar-refractivity contribution in [2.45, 2.75) is 30.8 Å². The first-order chi connectivity index (χ1) is 10.7. The van der Waals surface area contributed by atoms with Crippen LogP contribution in [-0.4, -0.2) is 44.4 Å². The first kappa shape index (κ1) is 17.7. The van der Waals surface area contributed by atoms with E-state index in [1.807, 2.05) is 0 Å². The molecule has 0 aromatic heterocycles. The Labute approximate surface area is 139 Å². The summed E-state index contributed by atoms with van der Waals surface area (Å²) >= 11 is 5.76. The Kier molecular flexibility index (Phi) is 5.28. The highest BCUT2D eigenvalue weighted by Crippen LogP contribution is 2.22. The Morgan fingerprint density at radius 1 is 1.30 bits per heavy atom. The van der Waals surface area contributed by atoms with Crippen LogP contribution >= 0.6 is 11.6 Å². The number of carbonyl (C=O) groups excluding carboxylic acids is 2. The number of ether oxygens (including phenoxy) is 1. The monoisotopic (exact) mass is 360 g/mol. The SMILES string of the molecule is CC(OC(=O)c1ccc(Cl)c(S(N)(=O)=O)c1)C(=O)N1CCCC1. The van der Waals surface area contributed by atoms with Crippen LogP contribution in [0.4, 0.5) is 0 Å². The highest BCUT2D eigenvalue weighted by Gasteiger charge is 2.27. The summed E-state index contributed by atoms with van der Waals surface area (Å²) in [6, 6.07) is 3.59. The van der Waals surface area contributed by atoms with Crippen molar-refractivity contribution in [1.82, 2.24) is 4.90 Å². The van der Waals surface area contributed by atoms with Crippen LogP contribution in [0.25, 0.3) is 0 Å². The van der Waals surface area contributed by atoms with Gasteiger partial charge in [-0.15, -0.1) is 0 Å². The molecule has 1 aliphatic rings. The van der Waals surface area contributed by atoms with Gasteiger partial charge in [0.05, 0.1) is 10.6 Å². The number of benzene rings is 1. The topological polar surface area (TPSA) is 107 Å². The van der Waals surface area contributed by atoms with Gasteiger partial charge >= 0.3 is 5.97 Å². The number of hydrogen-bond acceptors (Lipinski definition) is 5. The molecule has 9 heteroatoms. The van der Waals surface area contributed by atoms with Crippen LogP contribution in [0.5, 0.6) is 0 Å². The molecule has 0 radical (unpaired) electrons. The number of carbonyl (C=O) groups is 2. The minimum absolute atomic E-state index is 0.0421. The molecular weight excluding hydrogens is 344 g/mol. The molecule has 0 aliphatic carbocycles. The Morgan fingerprint density at radius 3 is 2.48 bits per heavy atom. The largest absolute Gasteiger partial charge is 0.449 e. The predicted molar refractivity (Wildman–Crippen MR) is 83.5 cm³/mol. The lowest BCUT2D eigenvalue weighted by atomic mass is 10.2. The van der Waals surface area contributed by atoms with Gasteiger partial charge in [0.2, 0.25) is 10.0 Å². The van der Waals surface area contributed by atoms with Crippen molar-refractivity contribution in [3.05, 3.63) is 28.8 Å². The van der Waals surface area contributed by atoms with E-state index in [0.29, 0.717) is 13.1 Å². The van der Waals surface area contributed by atoms with Gasteiger partial charge in [-0.3, -0.25) is 4.79 Å². The van der Waals surface area contributed by atoms with E-state index in [-0.39, 0.29) is 21.4 Å². The van der Waals surface area contributed by atoms with Crippen LogP contribution in [0.15, 0.2) is 23.1 Å². The van der Waals surface area contributed by atoms with E-state index in [1.54, 1.807) is 4.90 Å². The number of esters is 1. The summed E-state index contributed by atoms with van der Waals surface area (Å²) < 4.78 is 27.9. The molecule has 1 aromatic carbocycles. The predicted octanol–water partition coefficient (Wildman–Crippen LogP) is 1.16. The second-order valence-electron chi connectivity index (χ2n) is 5.27. The maximum absolute atomic E-state index is 12.1. The first-order valence-electron chi connectivity index (χ1n) is 7.02. The third-order valence-corrected chi connectivity index (χ3v) is 4.92. The highest BCUT2D eigenvalue weighted by molar-refractivity contribution is 7.89. The van der Waals surface area contributed by atoms with Crippen LogP contribution in [0.1, 0.15) is 30.1 Å². The van der Waals surface area contributed by atoms with Crippen LogP contribution in [0, 0.1) is 0 Å². The van der Waals surface area contributed by atoms with Crippen LogP contribution in [-0.2, 0) is 19.6 Å². The van der Waals surface area contributed by atoms with E-state index in [1.165, 1.54) is 19.1 Å². The molecule has 126 valence electrons. The lowest BCUT2D eigenvalue weighted by Gasteiger charge is -2.20. The number of nitrogens with zero attached hydrogens (tertiary/aromatic N) is 1. The van der Waals surface area contributed by atoms with Crippen molar-refractivity contribution in [3.63, 3.8) is 0 Å². The Morgan fingerprint density at radius 2 is 1.91 bits per heavy atom. The molecule has 2 N–H and O–H groups in total. The van der Waals surface area contributed by atoms with Gasteiger partial charge in [-0.05, 0) is 38.0 Å². The molecular formula is C14H17ClN2O5S. The average molecular weight is 361 g/mol. The van der Waals surface area contributed by atoms with Gasteiger partial charge in [0.1, 0.15) is 4.90 Å². The third-order valence-electron chi connectivity index (χ3n) is 3.52. The molecule has 1 fully saturated rings. The maximum atomic E-state index is 12.1. The van der Waals surface area contributed by atoms with Crippen LogP contribution in [0.3, 0.4) is 0 Å². The molecule has 0 bridgehead atoms. The number of rotatable bonds is 4. The van der Waals surface area contributed by atoms with Gasteiger partial charge in [-0.25, -0.2) is 18.4 Å². The molecule has 0 saturated carbocycles. The molecule has 1 amide bonds. The van der Waals surface area contributed by atoms with Gasteiger partial charge in [-0.1, -0.05) is 11.6 Å². The fourth-order valence-corrected chi connectivity index (χ4v) is 3.39. The van der Waals surface area contributed by atoms with Crippen molar-refractivity contribution in [3.8, 4) is 0 Å². The minimum atomic E-state index is -4.06. The average Bonchev–Trinajstić information content (AvgIpc) is 2.99. The summed E-state index contributed by atoms with van der Waals surface area (Å²) in [5.74, 6) is -1.08.